The van der Waals surface area contributed by atoms with E-state index in [1.54, 1.807) is 0 Å². The van der Waals surface area contributed by atoms with Crippen LogP contribution in [0.15, 0.2) is 6.20 Å². The predicted molar refractivity (Wildman–Crippen MR) is 51.1 cm³/mol. The molecule has 0 amide bonds. The summed E-state index contributed by atoms with van der Waals surface area (Å²) in [4.78, 5) is 8.86. The van der Waals surface area contributed by atoms with Gasteiger partial charge in [0.05, 0.1) is 5.69 Å². The van der Waals surface area contributed by atoms with Gasteiger partial charge in [0, 0.05) is 31.3 Å². The van der Waals surface area contributed by atoms with Crippen molar-refractivity contribution >= 4 is 0 Å². The Kier molecular flexibility index (Phi) is 2.27. The number of fused-ring (bicyclic) bond motifs is 1. The summed E-state index contributed by atoms with van der Waals surface area (Å²) in [7, 11) is 0. The van der Waals surface area contributed by atoms with Gasteiger partial charge in [-0.25, -0.2) is 9.97 Å². The highest BCUT2D eigenvalue weighted by Gasteiger charge is 2.12. The van der Waals surface area contributed by atoms with Gasteiger partial charge in [-0.3, -0.25) is 0 Å². The third-order valence-electron chi connectivity index (χ3n) is 2.20. The molecule has 0 saturated carbocycles. The summed E-state index contributed by atoms with van der Waals surface area (Å²) in [6.45, 7) is 6.21. The minimum absolute atomic E-state index is 0.632. The number of rotatable bonds is 2. The Balaban J connectivity index is 2.21. The lowest BCUT2D eigenvalue weighted by atomic mass is 10.1. The zero-order valence-electron chi connectivity index (χ0n) is 8.17. The summed E-state index contributed by atoms with van der Waals surface area (Å²) in [5, 5.41) is 3.27. The normalized spacial score (nSPS) is 15.0. The van der Waals surface area contributed by atoms with Crippen molar-refractivity contribution in [3.63, 3.8) is 0 Å². The van der Waals surface area contributed by atoms with Gasteiger partial charge in [-0.05, 0) is 5.92 Å². The monoisotopic (exact) mass is 177 g/mol. The maximum atomic E-state index is 4.52. The van der Waals surface area contributed by atoms with Gasteiger partial charge < -0.3 is 5.32 Å². The third-order valence-corrected chi connectivity index (χ3v) is 2.20. The van der Waals surface area contributed by atoms with Crippen LogP contribution in [0, 0.1) is 5.92 Å². The zero-order valence-corrected chi connectivity index (χ0v) is 8.17. The maximum absolute atomic E-state index is 4.52. The van der Waals surface area contributed by atoms with Crippen molar-refractivity contribution in [2.75, 3.05) is 0 Å². The van der Waals surface area contributed by atoms with Crippen LogP contribution in [-0.4, -0.2) is 9.97 Å². The Hall–Kier alpha value is -0.960. The van der Waals surface area contributed by atoms with Gasteiger partial charge in [-0.15, -0.1) is 0 Å². The summed E-state index contributed by atoms with van der Waals surface area (Å²) in [5.74, 6) is 1.62. The average Bonchev–Trinajstić information content (AvgIpc) is 2.49. The second kappa shape index (κ2) is 3.42. The van der Waals surface area contributed by atoms with Crippen molar-refractivity contribution in [1.29, 1.82) is 0 Å². The fourth-order valence-electron chi connectivity index (χ4n) is 1.56. The molecular weight excluding hydrogens is 162 g/mol. The average molecular weight is 177 g/mol. The molecule has 3 nitrogen and oxygen atoms in total. The Morgan fingerprint density at radius 2 is 2.31 bits per heavy atom. The first-order chi connectivity index (χ1) is 6.25. The predicted octanol–water partition coefficient (Wildman–Crippen LogP) is 1.28. The van der Waals surface area contributed by atoms with Crippen LogP contribution in [0.1, 0.15) is 30.9 Å². The Morgan fingerprint density at radius 1 is 1.46 bits per heavy atom. The first-order valence-corrected chi connectivity index (χ1v) is 4.80. The smallest absolute Gasteiger partial charge is 0.128 e. The molecule has 13 heavy (non-hydrogen) atoms. The van der Waals surface area contributed by atoms with Crippen LogP contribution in [0.25, 0.3) is 0 Å². The molecule has 70 valence electrons. The van der Waals surface area contributed by atoms with E-state index in [9.17, 15) is 0 Å². The zero-order chi connectivity index (χ0) is 9.26. The summed E-state index contributed by atoms with van der Waals surface area (Å²) < 4.78 is 0. The van der Waals surface area contributed by atoms with Crippen LogP contribution in [0.5, 0.6) is 0 Å². The fraction of sp³-hybridized carbons (Fsp3) is 0.600. The molecule has 2 rings (SSSR count). The van der Waals surface area contributed by atoms with Crippen molar-refractivity contribution < 1.29 is 0 Å². The molecule has 0 bridgehead atoms. The summed E-state index contributed by atoms with van der Waals surface area (Å²) in [6, 6.07) is 0. The van der Waals surface area contributed by atoms with E-state index in [0.29, 0.717) is 5.92 Å². The first-order valence-electron chi connectivity index (χ1n) is 4.80. The molecular formula is C10H15N3. The second-order valence-corrected chi connectivity index (χ2v) is 3.96. The summed E-state index contributed by atoms with van der Waals surface area (Å²) in [6.07, 6.45) is 2.94. The third kappa shape index (κ3) is 1.86. The highest BCUT2D eigenvalue weighted by molar-refractivity contribution is 5.21. The number of hydrogen-bond acceptors (Lipinski definition) is 3. The van der Waals surface area contributed by atoms with Gasteiger partial charge >= 0.3 is 0 Å². The maximum Gasteiger partial charge on any atom is 0.128 e. The van der Waals surface area contributed by atoms with Crippen molar-refractivity contribution in [3.8, 4) is 0 Å². The van der Waals surface area contributed by atoms with Crippen LogP contribution < -0.4 is 5.32 Å². The van der Waals surface area contributed by atoms with Crippen LogP contribution in [0.2, 0.25) is 0 Å². The number of nitrogens with one attached hydrogen (secondary N) is 1. The SMILES string of the molecule is CC(C)Cc1ncc2c(n1)CNC2. The molecule has 0 spiro atoms. The van der Waals surface area contributed by atoms with E-state index in [1.807, 2.05) is 6.20 Å². The summed E-state index contributed by atoms with van der Waals surface area (Å²) in [5.41, 5.74) is 2.44. The van der Waals surface area contributed by atoms with E-state index >= 15 is 0 Å². The molecule has 1 aromatic heterocycles. The largest absolute Gasteiger partial charge is 0.307 e. The van der Waals surface area contributed by atoms with E-state index in [-0.39, 0.29) is 0 Å². The van der Waals surface area contributed by atoms with E-state index in [0.717, 1.165) is 25.3 Å². The molecule has 0 atom stereocenters. The minimum Gasteiger partial charge on any atom is -0.307 e. The first kappa shape index (κ1) is 8.63. The second-order valence-electron chi connectivity index (χ2n) is 3.96. The molecule has 0 unspecified atom stereocenters. The molecule has 1 aromatic rings. The number of nitrogens with zero attached hydrogens (tertiary/aromatic N) is 2. The number of aromatic nitrogens is 2. The van der Waals surface area contributed by atoms with Crippen LogP contribution >= 0.6 is 0 Å². The molecule has 0 aliphatic carbocycles. The molecule has 0 radical (unpaired) electrons. The van der Waals surface area contributed by atoms with Gasteiger partial charge in [0.15, 0.2) is 0 Å². The lowest BCUT2D eigenvalue weighted by molar-refractivity contribution is 0.617. The van der Waals surface area contributed by atoms with Crippen LogP contribution in [-0.2, 0) is 19.5 Å². The van der Waals surface area contributed by atoms with Crippen molar-refractivity contribution in [1.82, 2.24) is 15.3 Å². The van der Waals surface area contributed by atoms with E-state index < -0.39 is 0 Å². The molecule has 2 heterocycles. The molecule has 0 fully saturated rings. The van der Waals surface area contributed by atoms with E-state index in [2.05, 4.69) is 29.1 Å². The fourth-order valence-corrected chi connectivity index (χ4v) is 1.56. The Bertz CT molecular complexity index is 307. The van der Waals surface area contributed by atoms with Crippen molar-refractivity contribution in [3.05, 3.63) is 23.3 Å². The van der Waals surface area contributed by atoms with Gasteiger partial charge in [0.25, 0.3) is 0 Å². The molecule has 1 aliphatic rings. The Labute approximate surface area is 78.6 Å². The van der Waals surface area contributed by atoms with Crippen LogP contribution in [0.4, 0.5) is 0 Å². The Morgan fingerprint density at radius 3 is 3.08 bits per heavy atom. The standard InChI is InChI=1S/C10H15N3/c1-7(2)3-10-12-5-8-4-11-6-9(8)13-10/h5,7,11H,3-4,6H2,1-2H3. The van der Waals surface area contributed by atoms with Crippen LogP contribution in [0.3, 0.4) is 0 Å². The van der Waals surface area contributed by atoms with Gasteiger partial charge in [0.2, 0.25) is 0 Å². The quantitative estimate of drug-likeness (QED) is 0.739. The highest BCUT2D eigenvalue weighted by Crippen LogP contribution is 2.12. The molecule has 0 saturated heterocycles. The summed E-state index contributed by atoms with van der Waals surface area (Å²) >= 11 is 0. The molecule has 1 N–H and O–H groups in total. The molecule has 1 aliphatic heterocycles. The van der Waals surface area contributed by atoms with E-state index in [1.165, 1.54) is 11.3 Å². The molecule has 3 heteroatoms. The number of hydrogen-bond donors (Lipinski definition) is 1. The highest BCUT2D eigenvalue weighted by atomic mass is 15.0. The van der Waals surface area contributed by atoms with E-state index in [4.69, 9.17) is 0 Å². The van der Waals surface area contributed by atoms with Crippen molar-refractivity contribution in [2.45, 2.75) is 33.4 Å². The van der Waals surface area contributed by atoms with Gasteiger partial charge in [0.1, 0.15) is 5.82 Å². The lowest BCUT2D eigenvalue weighted by Gasteiger charge is -2.04. The topological polar surface area (TPSA) is 37.8 Å². The molecule has 0 aromatic carbocycles. The van der Waals surface area contributed by atoms with Crippen molar-refractivity contribution in [2.24, 2.45) is 5.92 Å². The van der Waals surface area contributed by atoms with Gasteiger partial charge in [-0.2, -0.15) is 0 Å². The minimum atomic E-state index is 0.632. The lowest BCUT2D eigenvalue weighted by Crippen LogP contribution is -2.03. The van der Waals surface area contributed by atoms with Gasteiger partial charge in [-0.1, -0.05) is 13.8 Å².